The second-order valence-corrected chi connectivity index (χ2v) is 6.23. The van der Waals surface area contributed by atoms with Crippen LogP contribution in [-0.4, -0.2) is 48.3 Å². The van der Waals surface area contributed by atoms with Gasteiger partial charge in [-0.15, -0.1) is 0 Å². The third kappa shape index (κ3) is 4.89. The van der Waals surface area contributed by atoms with Crippen molar-refractivity contribution in [1.82, 2.24) is 10.3 Å². The number of amides is 1. The normalized spacial score (nSPS) is 10.6. The highest BCUT2D eigenvalue weighted by Gasteiger charge is 2.14. The Labute approximate surface area is 162 Å². The van der Waals surface area contributed by atoms with E-state index in [1.807, 2.05) is 30.5 Å². The van der Waals surface area contributed by atoms with Gasteiger partial charge >= 0.3 is 5.97 Å². The first-order valence-electron chi connectivity index (χ1n) is 9.11. The van der Waals surface area contributed by atoms with Gasteiger partial charge in [0.05, 0.1) is 12.2 Å². The van der Waals surface area contributed by atoms with Crippen LogP contribution in [0.5, 0.6) is 0 Å². The lowest BCUT2D eigenvalue weighted by Gasteiger charge is -2.11. The van der Waals surface area contributed by atoms with Gasteiger partial charge in [0.25, 0.3) is 5.91 Å². The van der Waals surface area contributed by atoms with E-state index in [1.165, 1.54) is 0 Å². The Bertz CT molecular complexity index is 951. The van der Waals surface area contributed by atoms with Gasteiger partial charge in [0, 0.05) is 35.9 Å². The van der Waals surface area contributed by atoms with Crippen molar-refractivity contribution in [3.63, 3.8) is 0 Å². The number of aromatic amines is 1. The van der Waals surface area contributed by atoms with Gasteiger partial charge in [-0.05, 0) is 30.2 Å². The number of nitrogens with one attached hydrogen (secondary N) is 3. The van der Waals surface area contributed by atoms with E-state index in [-0.39, 0.29) is 19.1 Å². The summed E-state index contributed by atoms with van der Waals surface area (Å²) in [5.41, 5.74) is 3.06. The number of carbonyl (C=O) groups excluding carboxylic acids is 2. The summed E-state index contributed by atoms with van der Waals surface area (Å²) in [6, 6.07) is 14.8. The second-order valence-electron chi connectivity index (χ2n) is 6.23. The SMILES string of the molecule is O=C(COC(=O)c1ccccc1NCCO)NCCc1c[nH]c2ccccc12. The predicted octanol–water partition coefficient (Wildman–Crippen LogP) is 2.09. The molecule has 7 heteroatoms. The molecule has 1 aromatic heterocycles. The van der Waals surface area contributed by atoms with E-state index in [9.17, 15) is 9.59 Å². The number of carbonyl (C=O) groups is 2. The molecule has 0 unspecified atom stereocenters. The van der Waals surface area contributed by atoms with Crippen molar-refractivity contribution in [2.75, 3.05) is 31.6 Å². The smallest absolute Gasteiger partial charge is 0.340 e. The van der Waals surface area contributed by atoms with Crippen LogP contribution in [0.2, 0.25) is 0 Å². The minimum Gasteiger partial charge on any atom is -0.452 e. The molecule has 0 spiro atoms. The Morgan fingerprint density at radius 1 is 1.04 bits per heavy atom. The molecule has 0 fully saturated rings. The maximum atomic E-state index is 12.2. The summed E-state index contributed by atoms with van der Waals surface area (Å²) in [6.07, 6.45) is 2.62. The number of aliphatic hydroxyl groups is 1. The van der Waals surface area contributed by atoms with Crippen LogP contribution in [0, 0.1) is 0 Å². The number of para-hydroxylation sites is 2. The highest BCUT2D eigenvalue weighted by atomic mass is 16.5. The topological polar surface area (TPSA) is 103 Å². The van der Waals surface area contributed by atoms with Crippen molar-refractivity contribution in [3.8, 4) is 0 Å². The average Bonchev–Trinajstić information content (AvgIpc) is 3.14. The van der Waals surface area contributed by atoms with Gasteiger partial charge in [0.15, 0.2) is 6.61 Å². The first kappa shape index (κ1) is 19.4. The molecular weight excluding hydrogens is 358 g/mol. The third-order valence-electron chi connectivity index (χ3n) is 4.30. The summed E-state index contributed by atoms with van der Waals surface area (Å²) in [6.45, 7) is 0.370. The van der Waals surface area contributed by atoms with Crippen LogP contribution in [0.15, 0.2) is 54.7 Å². The Morgan fingerprint density at radius 3 is 2.68 bits per heavy atom. The Balaban J connectivity index is 1.46. The molecule has 2 aromatic carbocycles. The van der Waals surface area contributed by atoms with Crippen LogP contribution in [0.25, 0.3) is 10.9 Å². The fourth-order valence-electron chi connectivity index (χ4n) is 2.94. The summed E-state index contributed by atoms with van der Waals surface area (Å²) in [5, 5.41) is 15.7. The predicted molar refractivity (Wildman–Crippen MR) is 107 cm³/mol. The van der Waals surface area contributed by atoms with Gasteiger partial charge in [0.1, 0.15) is 0 Å². The molecule has 0 saturated carbocycles. The van der Waals surface area contributed by atoms with Crippen LogP contribution in [0.1, 0.15) is 15.9 Å². The number of rotatable bonds is 9. The zero-order valence-electron chi connectivity index (χ0n) is 15.4. The number of benzene rings is 2. The summed E-state index contributed by atoms with van der Waals surface area (Å²) >= 11 is 0. The number of ether oxygens (including phenoxy) is 1. The molecule has 7 nitrogen and oxygen atoms in total. The van der Waals surface area contributed by atoms with Gasteiger partial charge in [-0.1, -0.05) is 30.3 Å². The number of hydrogen-bond donors (Lipinski definition) is 4. The van der Waals surface area contributed by atoms with Crippen LogP contribution in [0.4, 0.5) is 5.69 Å². The molecule has 1 amide bonds. The van der Waals surface area contributed by atoms with Crippen molar-refractivity contribution in [1.29, 1.82) is 0 Å². The van der Waals surface area contributed by atoms with Crippen LogP contribution in [0.3, 0.4) is 0 Å². The zero-order chi connectivity index (χ0) is 19.8. The van der Waals surface area contributed by atoms with Gasteiger partial charge in [-0.3, -0.25) is 4.79 Å². The standard InChI is InChI=1S/C21H23N3O4/c25-12-11-22-19-8-4-2-6-17(19)21(27)28-14-20(26)23-10-9-15-13-24-18-7-3-1-5-16(15)18/h1-8,13,22,24-25H,9-12,14H2,(H,23,26). The van der Waals surface area contributed by atoms with Crippen LogP contribution in [-0.2, 0) is 16.0 Å². The lowest BCUT2D eigenvalue weighted by atomic mass is 10.1. The lowest BCUT2D eigenvalue weighted by molar-refractivity contribution is -0.124. The largest absolute Gasteiger partial charge is 0.452 e. The van der Waals surface area contributed by atoms with Gasteiger partial charge in [0.2, 0.25) is 0 Å². The molecule has 0 radical (unpaired) electrons. The highest BCUT2D eigenvalue weighted by Crippen LogP contribution is 2.18. The first-order chi connectivity index (χ1) is 13.7. The number of aliphatic hydroxyl groups excluding tert-OH is 1. The molecule has 0 atom stereocenters. The van der Waals surface area contributed by atoms with Gasteiger partial charge in [-0.25, -0.2) is 4.79 Å². The molecule has 28 heavy (non-hydrogen) atoms. The van der Waals surface area contributed by atoms with Crippen molar-refractivity contribution in [2.24, 2.45) is 0 Å². The van der Waals surface area contributed by atoms with E-state index in [2.05, 4.69) is 15.6 Å². The minimum absolute atomic E-state index is 0.0534. The number of hydrogen-bond acceptors (Lipinski definition) is 5. The van der Waals surface area contributed by atoms with E-state index in [4.69, 9.17) is 9.84 Å². The zero-order valence-corrected chi connectivity index (χ0v) is 15.4. The number of fused-ring (bicyclic) bond motifs is 1. The molecule has 0 aliphatic rings. The number of esters is 1. The fourth-order valence-corrected chi connectivity index (χ4v) is 2.94. The second kappa shape index (κ2) is 9.57. The number of anilines is 1. The third-order valence-corrected chi connectivity index (χ3v) is 4.30. The number of aromatic nitrogens is 1. The molecule has 0 aliphatic heterocycles. The first-order valence-corrected chi connectivity index (χ1v) is 9.11. The summed E-state index contributed by atoms with van der Waals surface area (Å²) in [5.74, 6) is -0.943. The summed E-state index contributed by atoms with van der Waals surface area (Å²) in [4.78, 5) is 27.4. The monoisotopic (exact) mass is 381 g/mol. The van der Waals surface area contributed by atoms with E-state index >= 15 is 0 Å². The van der Waals surface area contributed by atoms with Crippen LogP contribution >= 0.6 is 0 Å². The Hall–Kier alpha value is -3.32. The van der Waals surface area contributed by atoms with E-state index in [1.54, 1.807) is 24.3 Å². The molecule has 146 valence electrons. The average molecular weight is 381 g/mol. The number of H-pyrrole nitrogens is 1. The molecule has 4 N–H and O–H groups in total. The fraction of sp³-hybridized carbons (Fsp3) is 0.238. The van der Waals surface area contributed by atoms with Crippen molar-refractivity contribution in [2.45, 2.75) is 6.42 Å². The lowest BCUT2D eigenvalue weighted by Crippen LogP contribution is -2.30. The summed E-state index contributed by atoms with van der Waals surface area (Å²) in [7, 11) is 0. The summed E-state index contributed by atoms with van der Waals surface area (Å²) < 4.78 is 5.11. The molecule has 1 heterocycles. The van der Waals surface area contributed by atoms with E-state index in [0.717, 1.165) is 16.5 Å². The Morgan fingerprint density at radius 2 is 1.82 bits per heavy atom. The van der Waals surface area contributed by atoms with E-state index in [0.29, 0.717) is 30.8 Å². The Kier molecular flexibility index (Phi) is 6.64. The van der Waals surface area contributed by atoms with Crippen molar-refractivity contribution >= 4 is 28.5 Å². The van der Waals surface area contributed by atoms with Crippen molar-refractivity contribution in [3.05, 3.63) is 65.9 Å². The maximum Gasteiger partial charge on any atom is 0.340 e. The molecule has 0 aliphatic carbocycles. The maximum absolute atomic E-state index is 12.2. The molecule has 3 rings (SSSR count). The van der Waals surface area contributed by atoms with Gasteiger partial charge < -0.3 is 25.5 Å². The van der Waals surface area contributed by atoms with E-state index < -0.39 is 5.97 Å². The van der Waals surface area contributed by atoms with Gasteiger partial charge in [-0.2, -0.15) is 0 Å². The van der Waals surface area contributed by atoms with Crippen LogP contribution < -0.4 is 10.6 Å². The highest BCUT2D eigenvalue weighted by molar-refractivity contribution is 5.96. The molecule has 3 aromatic rings. The molecular formula is C21H23N3O4. The minimum atomic E-state index is -0.590. The molecule has 0 bridgehead atoms. The quantitative estimate of drug-likeness (QED) is 0.425. The van der Waals surface area contributed by atoms with Crippen molar-refractivity contribution < 1.29 is 19.4 Å². The molecule has 0 saturated heterocycles.